The summed E-state index contributed by atoms with van der Waals surface area (Å²) in [6.07, 6.45) is 1.79. The fourth-order valence-corrected chi connectivity index (χ4v) is 4.21. The molecule has 1 aromatic heterocycles. The molecule has 1 atom stereocenters. The molecular weight excluding hydrogens is 450 g/mol. The highest BCUT2D eigenvalue weighted by Crippen LogP contribution is 2.44. The van der Waals surface area contributed by atoms with Crippen molar-refractivity contribution in [1.82, 2.24) is 25.6 Å². The predicted octanol–water partition coefficient (Wildman–Crippen LogP) is 2.80. The van der Waals surface area contributed by atoms with Crippen molar-refractivity contribution in [3.63, 3.8) is 0 Å². The van der Waals surface area contributed by atoms with Crippen LogP contribution in [0.2, 0.25) is 0 Å². The molecule has 0 aliphatic heterocycles. The summed E-state index contributed by atoms with van der Waals surface area (Å²) in [6.45, 7) is 2.54. The normalized spacial score (nSPS) is 12.9. The third kappa shape index (κ3) is 5.48. The van der Waals surface area contributed by atoms with Crippen LogP contribution in [0.15, 0.2) is 54.7 Å². The van der Waals surface area contributed by atoms with E-state index in [9.17, 15) is 19.5 Å². The van der Waals surface area contributed by atoms with Crippen molar-refractivity contribution in [2.45, 2.75) is 38.3 Å². The molecule has 182 valence electrons. The molecule has 2 amide bonds. The van der Waals surface area contributed by atoms with Crippen LogP contribution in [-0.4, -0.2) is 57.3 Å². The predicted molar refractivity (Wildman–Crippen MR) is 127 cm³/mol. The maximum absolute atomic E-state index is 12.3. The standard InChI is InChI=1S/C25H27N5O5/c1-2-7-21(24(32)33)27-23(31)22-14-30(29-28-22)13-12-26-25(34)35-15-20-18-10-5-3-8-16(18)17-9-4-6-11-19(17)20/h3-6,8-11,14,20-21H,2,7,12-13,15H2,1H3,(H,26,34)(H,27,31)(H,32,33). The van der Waals surface area contributed by atoms with E-state index in [1.165, 1.54) is 10.9 Å². The molecule has 0 fully saturated rings. The maximum Gasteiger partial charge on any atom is 0.407 e. The zero-order valence-electron chi connectivity index (χ0n) is 19.3. The van der Waals surface area contributed by atoms with Crippen LogP contribution in [0.5, 0.6) is 0 Å². The molecule has 10 nitrogen and oxygen atoms in total. The summed E-state index contributed by atoms with van der Waals surface area (Å²) >= 11 is 0. The fraction of sp³-hybridized carbons (Fsp3) is 0.320. The number of hydrogen-bond donors (Lipinski definition) is 3. The van der Waals surface area contributed by atoms with E-state index in [1.807, 2.05) is 31.2 Å². The Bertz CT molecular complexity index is 1180. The van der Waals surface area contributed by atoms with Gasteiger partial charge in [0.05, 0.1) is 12.7 Å². The molecule has 1 aliphatic rings. The summed E-state index contributed by atoms with van der Waals surface area (Å²) in [5.74, 6) is -1.73. The number of nitrogens with zero attached hydrogens (tertiary/aromatic N) is 3. The summed E-state index contributed by atoms with van der Waals surface area (Å²) in [5.41, 5.74) is 4.60. The van der Waals surface area contributed by atoms with E-state index >= 15 is 0 Å². The number of aromatic nitrogens is 3. The first-order valence-corrected chi connectivity index (χ1v) is 11.5. The van der Waals surface area contributed by atoms with Gasteiger partial charge in [-0.3, -0.25) is 4.79 Å². The number of amides is 2. The molecule has 10 heteroatoms. The van der Waals surface area contributed by atoms with E-state index < -0.39 is 24.0 Å². The summed E-state index contributed by atoms with van der Waals surface area (Å²) in [7, 11) is 0. The number of ether oxygens (including phenoxy) is 1. The van der Waals surface area contributed by atoms with Crippen molar-refractivity contribution >= 4 is 18.0 Å². The van der Waals surface area contributed by atoms with Gasteiger partial charge in [0.15, 0.2) is 5.69 Å². The van der Waals surface area contributed by atoms with Crippen LogP contribution in [0.1, 0.15) is 47.3 Å². The first kappa shape index (κ1) is 23.9. The van der Waals surface area contributed by atoms with Crippen LogP contribution in [0, 0.1) is 0 Å². The monoisotopic (exact) mass is 477 g/mol. The number of benzene rings is 2. The highest BCUT2D eigenvalue weighted by molar-refractivity contribution is 5.94. The second-order valence-corrected chi connectivity index (χ2v) is 8.27. The molecule has 3 N–H and O–H groups in total. The van der Waals surface area contributed by atoms with Crippen LogP contribution in [-0.2, 0) is 16.1 Å². The smallest absolute Gasteiger partial charge is 0.407 e. The lowest BCUT2D eigenvalue weighted by Crippen LogP contribution is -2.40. The third-order valence-corrected chi connectivity index (χ3v) is 5.91. The summed E-state index contributed by atoms with van der Waals surface area (Å²) in [6, 6.07) is 15.3. The van der Waals surface area contributed by atoms with Crippen LogP contribution >= 0.6 is 0 Å². The fourth-order valence-electron chi connectivity index (χ4n) is 4.21. The number of aliphatic carboxylic acids is 1. The highest BCUT2D eigenvalue weighted by Gasteiger charge is 2.29. The van der Waals surface area contributed by atoms with Gasteiger partial charge in [0.2, 0.25) is 0 Å². The number of hydrogen-bond acceptors (Lipinski definition) is 6. The topological polar surface area (TPSA) is 135 Å². The van der Waals surface area contributed by atoms with Crippen LogP contribution in [0.4, 0.5) is 4.79 Å². The zero-order valence-corrected chi connectivity index (χ0v) is 19.3. The van der Waals surface area contributed by atoms with Gasteiger partial charge >= 0.3 is 12.1 Å². The molecule has 1 aliphatic carbocycles. The Morgan fingerprint density at radius 2 is 1.74 bits per heavy atom. The third-order valence-electron chi connectivity index (χ3n) is 5.91. The largest absolute Gasteiger partial charge is 0.480 e. The van der Waals surface area contributed by atoms with Crippen molar-refractivity contribution in [3.8, 4) is 11.1 Å². The first-order valence-electron chi connectivity index (χ1n) is 11.5. The number of carbonyl (C=O) groups excluding carboxylic acids is 2. The van der Waals surface area contributed by atoms with Gasteiger partial charge in [-0.05, 0) is 28.7 Å². The SMILES string of the molecule is CCCC(NC(=O)c1cn(CCNC(=O)OCC2c3ccccc3-c3ccccc32)nn1)C(=O)O. The summed E-state index contributed by atoms with van der Waals surface area (Å²) in [5, 5.41) is 21.9. The Kier molecular flexibility index (Phi) is 7.39. The molecule has 1 unspecified atom stereocenters. The second-order valence-electron chi connectivity index (χ2n) is 8.27. The minimum atomic E-state index is -1.10. The van der Waals surface area contributed by atoms with E-state index in [4.69, 9.17) is 4.74 Å². The van der Waals surface area contributed by atoms with E-state index in [-0.39, 0.29) is 31.3 Å². The average Bonchev–Trinajstić information content (AvgIpc) is 3.45. The van der Waals surface area contributed by atoms with Gasteiger partial charge in [-0.25, -0.2) is 14.3 Å². The van der Waals surface area contributed by atoms with E-state index in [1.54, 1.807) is 0 Å². The van der Waals surface area contributed by atoms with E-state index in [2.05, 4.69) is 45.2 Å². The van der Waals surface area contributed by atoms with Crippen molar-refractivity contribution in [2.24, 2.45) is 0 Å². The van der Waals surface area contributed by atoms with Crippen LogP contribution in [0.25, 0.3) is 11.1 Å². The molecular formula is C25H27N5O5. The van der Waals surface area contributed by atoms with Gasteiger partial charge in [0.1, 0.15) is 12.6 Å². The minimum absolute atomic E-state index is 0.00786. The van der Waals surface area contributed by atoms with E-state index in [0.29, 0.717) is 12.8 Å². The van der Waals surface area contributed by atoms with Crippen LogP contribution < -0.4 is 10.6 Å². The Balaban J connectivity index is 1.25. The van der Waals surface area contributed by atoms with Gasteiger partial charge in [-0.1, -0.05) is 67.1 Å². The molecule has 0 saturated carbocycles. The molecule has 0 radical (unpaired) electrons. The number of carbonyl (C=O) groups is 3. The van der Waals surface area contributed by atoms with Crippen molar-refractivity contribution in [3.05, 3.63) is 71.5 Å². The number of rotatable bonds is 10. The Labute approximate surface area is 202 Å². The zero-order chi connectivity index (χ0) is 24.8. The van der Waals surface area contributed by atoms with Gasteiger partial charge < -0.3 is 20.5 Å². The lowest BCUT2D eigenvalue weighted by atomic mass is 9.98. The molecule has 2 aromatic carbocycles. The first-order chi connectivity index (χ1) is 17.0. The van der Waals surface area contributed by atoms with Crippen molar-refractivity contribution in [1.29, 1.82) is 0 Å². The number of carboxylic acid groups (broad SMARTS) is 1. The average molecular weight is 478 g/mol. The van der Waals surface area contributed by atoms with Gasteiger partial charge in [0, 0.05) is 12.5 Å². The Morgan fingerprint density at radius 3 is 2.37 bits per heavy atom. The maximum atomic E-state index is 12.3. The Hall–Kier alpha value is -4.21. The quantitative estimate of drug-likeness (QED) is 0.409. The molecule has 0 saturated heterocycles. The second kappa shape index (κ2) is 10.8. The van der Waals surface area contributed by atoms with Gasteiger partial charge in [-0.15, -0.1) is 5.10 Å². The number of fused-ring (bicyclic) bond motifs is 3. The highest BCUT2D eigenvalue weighted by atomic mass is 16.5. The molecule has 0 bridgehead atoms. The number of carboxylic acids is 1. The number of alkyl carbamates (subject to hydrolysis) is 1. The molecule has 4 rings (SSSR count). The molecule has 1 heterocycles. The minimum Gasteiger partial charge on any atom is -0.480 e. The van der Waals surface area contributed by atoms with Crippen LogP contribution in [0.3, 0.4) is 0 Å². The number of nitrogens with one attached hydrogen (secondary N) is 2. The van der Waals surface area contributed by atoms with Crippen molar-refractivity contribution in [2.75, 3.05) is 13.2 Å². The summed E-state index contributed by atoms with van der Waals surface area (Å²) < 4.78 is 6.89. The van der Waals surface area contributed by atoms with E-state index in [0.717, 1.165) is 22.3 Å². The van der Waals surface area contributed by atoms with Crippen molar-refractivity contribution < 1.29 is 24.2 Å². The molecule has 3 aromatic rings. The molecule has 0 spiro atoms. The lowest BCUT2D eigenvalue weighted by molar-refractivity contribution is -0.139. The Morgan fingerprint density at radius 1 is 1.09 bits per heavy atom. The van der Waals surface area contributed by atoms with Gasteiger partial charge in [0.25, 0.3) is 5.91 Å². The van der Waals surface area contributed by atoms with Gasteiger partial charge in [-0.2, -0.15) is 0 Å². The lowest BCUT2D eigenvalue weighted by Gasteiger charge is -2.14. The summed E-state index contributed by atoms with van der Waals surface area (Å²) in [4.78, 5) is 35.7. The molecule has 35 heavy (non-hydrogen) atoms.